The van der Waals surface area contributed by atoms with Crippen molar-refractivity contribution in [2.45, 2.75) is 70.1 Å². The van der Waals surface area contributed by atoms with Crippen LogP contribution in [-0.2, 0) is 11.3 Å². The molecule has 2 aromatic rings. The van der Waals surface area contributed by atoms with Gasteiger partial charge in [-0.25, -0.2) is 0 Å². The van der Waals surface area contributed by atoms with Crippen LogP contribution in [-0.4, -0.2) is 16.2 Å². The molecule has 1 atom stereocenters. The molecule has 0 aliphatic heterocycles. The number of hydrogen-bond donors (Lipinski definition) is 1. The minimum atomic E-state index is 0.00517. The van der Waals surface area contributed by atoms with Crippen LogP contribution in [0.4, 0.5) is 5.69 Å². The highest BCUT2D eigenvalue weighted by atomic mass is 16.5. The topological polar surface area (TPSA) is 60.2 Å². The Morgan fingerprint density at radius 3 is 2.62 bits per heavy atom. The SMILES string of the molecule is CC(Nc1ccc(COC2CCCC2)cc1)c1nc(C2CC2)no1. The van der Waals surface area contributed by atoms with Gasteiger partial charge in [0.25, 0.3) is 0 Å². The van der Waals surface area contributed by atoms with E-state index >= 15 is 0 Å². The fourth-order valence-corrected chi connectivity index (χ4v) is 3.21. The smallest absolute Gasteiger partial charge is 0.248 e. The van der Waals surface area contributed by atoms with Gasteiger partial charge in [-0.2, -0.15) is 4.98 Å². The van der Waals surface area contributed by atoms with Crippen LogP contribution in [0.5, 0.6) is 0 Å². The van der Waals surface area contributed by atoms with Gasteiger partial charge in [-0.1, -0.05) is 30.1 Å². The molecule has 0 radical (unpaired) electrons. The molecule has 24 heavy (non-hydrogen) atoms. The second kappa shape index (κ2) is 6.93. The van der Waals surface area contributed by atoms with Crippen LogP contribution in [0.15, 0.2) is 28.8 Å². The van der Waals surface area contributed by atoms with E-state index in [9.17, 15) is 0 Å². The minimum Gasteiger partial charge on any atom is -0.374 e. The van der Waals surface area contributed by atoms with Gasteiger partial charge in [0, 0.05) is 11.6 Å². The molecule has 128 valence electrons. The fraction of sp³-hybridized carbons (Fsp3) is 0.579. The molecule has 2 saturated carbocycles. The van der Waals surface area contributed by atoms with E-state index in [1.165, 1.54) is 44.1 Å². The number of nitrogens with one attached hydrogen (secondary N) is 1. The zero-order chi connectivity index (χ0) is 16.4. The normalized spacial score (nSPS) is 19.5. The Morgan fingerprint density at radius 2 is 1.92 bits per heavy atom. The molecule has 1 heterocycles. The quantitative estimate of drug-likeness (QED) is 0.806. The molecule has 1 unspecified atom stereocenters. The molecule has 0 amide bonds. The lowest BCUT2D eigenvalue weighted by Gasteiger charge is -2.13. The maximum absolute atomic E-state index is 5.96. The molecule has 1 aromatic heterocycles. The highest BCUT2D eigenvalue weighted by Gasteiger charge is 2.29. The molecule has 5 nitrogen and oxygen atoms in total. The standard InChI is InChI=1S/C19H25N3O2/c1-13(19-21-18(22-24-19)15-8-9-15)20-16-10-6-14(7-11-16)12-23-17-4-2-3-5-17/h6-7,10-11,13,15,17,20H,2-5,8-9,12H2,1H3. The molecule has 4 rings (SSSR count). The van der Waals surface area contributed by atoms with Crippen molar-refractivity contribution in [1.29, 1.82) is 0 Å². The number of nitrogens with zero attached hydrogens (tertiary/aromatic N) is 2. The number of rotatable bonds is 7. The Labute approximate surface area is 142 Å². The molecular weight excluding hydrogens is 302 g/mol. The van der Waals surface area contributed by atoms with E-state index in [1.54, 1.807) is 0 Å². The average molecular weight is 327 g/mol. The first-order valence-electron chi connectivity index (χ1n) is 9.08. The largest absolute Gasteiger partial charge is 0.374 e. The maximum Gasteiger partial charge on any atom is 0.248 e. The highest BCUT2D eigenvalue weighted by molar-refractivity contribution is 5.45. The minimum absolute atomic E-state index is 0.00517. The van der Waals surface area contributed by atoms with Crippen molar-refractivity contribution < 1.29 is 9.26 Å². The Kier molecular flexibility index (Phi) is 4.52. The van der Waals surface area contributed by atoms with Crippen LogP contribution < -0.4 is 5.32 Å². The summed E-state index contributed by atoms with van der Waals surface area (Å²) < 4.78 is 11.3. The molecule has 5 heteroatoms. The van der Waals surface area contributed by atoms with Crippen molar-refractivity contribution in [2.75, 3.05) is 5.32 Å². The molecule has 1 aromatic carbocycles. The van der Waals surface area contributed by atoms with Crippen LogP contribution in [0.2, 0.25) is 0 Å². The van der Waals surface area contributed by atoms with Crippen molar-refractivity contribution in [3.8, 4) is 0 Å². The van der Waals surface area contributed by atoms with Crippen LogP contribution in [0, 0.1) is 0 Å². The van der Waals surface area contributed by atoms with E-state index in [4.69, 9.17) is 9.26 Å². The van der Waals surface area contributed by atoms with Gasteiger partial charge in [-0.3, -0.25) is 0 Å². The summed E-state index contributed by atoms with van der Waals surface area (Å²) >= 11 is 0. The maximum atomic E-state index is 5.96. The Balaban J connectivity index is 1.30. The predicted octanol–water partition coefficient (Wildman–Crippen LogP) is 4.58. The number of anilines is 1. The van der Waals surface area contributed by atoms with E-state index in [2.05, 4.69) is 39.7 Å². The van der Waals surface area contributed by atoms with Crippen LogP contribution in [0.1, 0.15) is 74.7 Å². The summed E-state index contributed by atoms with van der Waals surface area (Å²) in [6.45, 7) is 2.75. The van der Waals surface area contributed by atoms with Gasteiger partial charge in [0.15, 0.2) is 5.82 Å². The Morgan fingerprint density at radius 1 is 1.17 bits per heavy atom. The summed E-state index contributed by atoms with van der Waals surface area (Å²) in [5.41, 5.74) is 2.27. The number of benzene rings is 1. The lowest BCUT2D eigenvalue weighted by molar-refractivity contribution is 0.0457. The summed E-state index contributed by atoms with van der Waals surface area (Å²) in [6, 6.07) is 8.41. The summed E-state index contributed by atoms with van der Waals surface area (Å²) in [7, 11) is 0. The summed E-state index contributed by atoms with van der Waals surface area (Å²) in [5.74, 6) is 2.04. The van der Waals surface area contributed by atoms with E-state index in [1.807, 2.05) is 6.92 Å². The third-order valence-electron chi connectivity index (χ3n) is 4.90. The molecule has 2 aliphatic carbocycles. The van der Waals surface area contributed by atoms with E-state index in [0.717, 1.165) is 11.5 Å². The van der Waals surface area contributed by atoms with Gasteiger partial charge >= 0.3 is 0 Å². The zero-order valence-electron chi connectivity index (χ0n) is 14.2. The molecule has 2 aliphatic rings. The molecule has 2 fully saturated rings. The van der Waals surface area contributed by atoms with E-state index in [-0.39, 0.29) is 6.04 Å². The van der Waals surface area contributed by atoms with Crippen molar-refractivity contribution in [1.82, 2.24) is 10.1 Å². The van der Waals surface area contributed by atoms with Gasteiger partial charge < -0.3 is 14.6 Å². The molecule has 0 bridgehead atoms. The first-order valence-corrected chi connectivity index (χ1v) is 9.08. The van der Waals surface area contributed by atoms with Crippen LogP contribution >= 0.6 is 0 Å². The first-order chi connectivity index (χ1) is 11.8. The predicted molar refractivity (Wildman–Crippen MR) is 91.8 cm³/mol. The first kappa shape index (κ1) is 15.6. The Bertz CT molecular complexity index is 658. The lowest BCUT2D eigenvalue weighted by Crippen LogP contribution is -2.08. The monoisotopic (exact) mass is 327 g/mol. The third-order valence-corrected chi connectivity index (χ3v) is 4.90. The molecular formula is C19H25N3O2. The molecule has 0 spiro atoms. The van der Waals surface area contributed by atoms with Gasteiger partial charge in [0.1, 0.15) is 6.04 Å². The fourth-order valence-electron chi connectivity index (χ4n) is 3.21. The lowest BCUT2D eigenvalue weighted by atomic mass is 10.2. The van der Waals surface area contributed by atoms with Crippen LogP contribution in [0.25, 0.3) is 0 Å². The number of ether oxygens (including phenoxy) is 1. The zero-order valence-corrected chi connectivity index (χ0v) is 14.2. The van der Waals surface area contributed by atoms with Crippen molar-refractivity contribution in [3.05, 3.63) is 41.5 Å². The molecule has 1 N–H and O–H groups in total. The van der Waals surface area contributed by atoms with Gasteiger partial charge in [-0.15, -0.1) is 0 Å². The van der Waals surface area contributed by atoms with Crippen molar-refractivity contribution >= 4 is 5.69 Å². The Hall–Kier alpha value is -1.88. The van der Waals surface area contributed by atoms with Gasteiger partial charge in [0.05, 0.1) is 12.7 Å². The number of hydrogen-bond acceptors (Lipinski definition) is 5. The van der Waals surface area contributed by atoms with Gasteiger partial charge in [0.2, 0.25) is 5.89 Å². The summed E-state index contributed by atoms with van der Waals surface area (Å²) in [5, 5.41) is 7.49. The van der Waals surface area contributed by atoms with Gasteiger partial charge in [-0.05, 0) is 50.3 Å². The third kappa shape index (κ3) is 3.78. The second-order valence-corrected chi connectivity index (χ2v) is 7.05. The highest BCUT2D eigenvalue weighted by Crippen LogP contribution is 2.38. The summed E-state index contributed by atoms with van der Waals surface area (Å²) in [4.78, 5) is 4.50. The molecule has 0 saturated heterocycles. The second-order valence-electron chi connectivity index (χ2n) is 7.05. The van der Waals surface area contributed by atoms with E-state index < -0.39 is 0 Å². The summed E-state index contributed by atoms with van der Waals surface area (Å²) in [6.07, 6.45) is 7.87. The van der Waals surface area contributed by atoms with Crippen LogP contribution in [0.3, 0.4) is 0 Å². The average Bonchev–Trinajstić information content (AvgIpc) is 3.12. The van der Waals surface area contributed by atoms with E-state index in [0.29, 0.717) is 24.5 Å². The van der Waals surface area contributed by atoms with Crippen molar-refractivity contribution in [3.63, 3.8) is 0 Å². The van der Waals surface area contributed by atoms with Crippen molar-refractivity contribution in [2.24, 2.45) is 0 Å². The number of aromatic nitrogens is 2.